The molecule has 6 heteroatoms. The molecule has 154 valence electrons. The molecule has 0 spiro atoms. The molecule has 1 heterocycles. The molecule has 2 N–H and O–H groups in total. The van der Waals surface area contributed by atoms with Crippen molar-refractivity contribution in [2.45, 2.75) is 32.6 Å². The summed E-state index contributed by atoms with van der Waals surface area (Å²) in [5.41, 5.74) is 1.96. The summed E-state index contributed by atoms with van der Waals surface area (Å²) >= 11 is 0. The Morgan fingerprint density at radius 1 is 1.10 bits per heavy atom. The van der Waals surface area contributed by atoms with E-state index in [0.29, 0.717) is 31.1 Å². The Hall–Kier alpha value is -3.02. The second-order valence-electron chi connectivity index (χ2n) is 7.92. The van der Waals surface area contributed by atoms with E-state index in [2.05, 4.69) is 5.32 Å². The van der Waals surface area contributed by atoms with Crippen LogP contribution < -0.4 is 14.8 Å². The quantitative estimate of drug-likeness (QED) is 0.750. The third-order valence-corrected chi connectivity index (χ3v) is 5.25. The van der Waals surface area contributed by atoms with Crippen LogP contribution in [0.3, 0.4) is 0 Å². The second kappa shape index (κ2) is 8.55. The third kappa shape index (κ3) is 4.88. The van der Waals surface area contributed by atoms with Crippen LogP contribution in [0.2, 0.25) is 0 Å². The minimum absolute atomic E-state index is 0.0656. The highest BCUT2D eigenvalue weighted by Crippen LogP contribution is 2.35. The average molecular weight is 397 g/mol. The fourth-order valence-corrected chi connectivity index (χ4v) is 3.37. The van der Waals surface area contributed by atoms with Crippen LogP contribution in [0, 0.1) is 12.8 Å². The van der Waals surface area contributed by atoms with Crippen molar-refractivity contribution in [2.24, 2.45) is 5.92 Å². The predicted octanol–water partition coefficient (Wildman–Crippen LogP) is 3.10. The lowest BCUT2D eigenvalue weighted by atomic mass is 9.83. The molecule has 0 bridgehead atoms. The van der Waals surface area contributed by atoms with E-state index in [0.717, 1.165) is 16.7 Å². The number of amides is 1. The minimum Gasteiger partial charge on any atom is -0.486 e. The zero-order valence-electron chi connectivity index (χ0n) is 17.0. The highest BCUT2D eigenvalue weighted by atomic mass is 16.6. The van der Waals surface area contributed by atoms with Crippen molar-refractivity contribution in [1.29, 1.82) is 0 Å². The molecule has 0 aliphatic carbocycles. The highest BCUT2D eigenvalue weighted by molar-refractivity contribution is 5.88. The number of hydrogen-bond acceptors (Lipinski definition) is 4. The van der Waals surface area contributed by atoms with Crippen molar-refractivity contribution in [3.8, 4) is 11.5 Å². The number of fused-ring (bicyclic) bond motifs is 1. The molecule has 0 fully saturated rings. The maximum absolute atomic E-state index is 12.9. The molecule has 2 aromatic carbocycles. The van der Waals surface area contributed by atoms with E-state index >= 15 is 0 Å². The van der Waals surface area contributed by atoms with Gasteiger partial charge in [0.2, 0.25) is 5.91 Å². The van der Waals surface area contributed by atoms with Gasteiger partial charge in [-0.15, -0.1) is 0 Å². The Labute approximate surface area is 170 Å². The van der Waals surface area contributed by atoms with Gasteiger partial charge >= 0.3 is 5.97 Å². The van der Waals surface area contributed by atoms with Crippen molar-refractivity contribution in [1.82, 2.24) is 5.32 Å². The van der Waals surface area contributed by atoms with Gasteiger partial charge in [-0.05, 0) is 50.5 Å². The summed E-state index contributed by atoms with van der Waals surface area (Å²) in [5, 5.41) is 12.4. The number of carboxylic acid groups (broad SMARTS) is 1. The van der Waals surface area contributed by atoms with Gasteiger partial charge in [-0.1, -0.05) is 35.9 Å². The maximum Gasteiger partial charge on any atom is 0.308 e. The first-order valence-electron chi connectivity index (χ1n) is 9.74. The third-order valence-electron chi connectivity index (χ3n) is 5.25. The number of ether oxygens (including phenoxy) is 2. The molecular weight excluding hydrogens is 370 g/mol. The van der Waals surface area contributed by atoms with Crippen LogP contribution in [0.1, 0.15) is 30.5 Å². The van der Waals surface area contributed by atoms with E-state index in [1.54, 1.807) is 6.07 Å². The fourth-order valence-electron chi connectivity index (χ4n) is 3.37. The van der Waals surface area contributed by atoms with Crippen LogP contribution in [0.4, 0.5) is 0 Å². The Bertz CT molecular complexity index is 906. The number of carbonyl (C=O) groups excluding carboxylic acids is 1. The SMILES string of the molecule is Cc1cccc(CC(CNC(=O)C(C)(C)c2ccc3c(c2)OCCO3)C(=O)O)c1. The van der Waals surface area contributed by atoms with Crippen LogP contribution in [0.5, 0.6) is 11.5 Å². The van der Waals surface area contributed by atoms with Crippen LogP contribution in [-0.4, -0.2) is 36.7 Å². The summed E-state index contributed by atoms with van der Waals surface area (Å²) in [6, 6.07) is 13.2. The molecule has 6 nitrogen and oxygen atoms in total. The van der Waals surface area contributed by atoms with E-state index in [1.807, 2.05) is 57.2 Å². The van der Waals surface area contributed by atoms with Crippen molar-refractivity contribution in [2.75, 3.05) is 19.8 Å². The number of aryl methyl sites for hydroxylation is 1. The topological polar surface area (TPSA) is 84.9 Å². The van der Waals surface area contributed by atoms with Crippen LogP contribution in [-0.2, 0) is 21.4 Å². The van der Waals surface area contributed by atoms with Crippen LogP contribution >= 0.6 is 0 Å². The number of carbonyl (C=O) groups is 2. The van der Waals surface area contributed by atoms with Crippen molar-refractivity contribution in [3.05, 3.63) is 59.2 Å². The monoisotopic (exact) mass is 397 g/mol. The zero-order chi connectivity index (χ0) is 21.0. The van der Waals surface area contributed by atoms with Crippen molar-refractivity contribution in [3.63, 3.8) is 0 Å². The number of carboxylic acids is 1. The first-order chi connectivity index (χ1) is 13.8. The summed E-state index contributed by atoms with van der Waals surface area (Å²) in [7, 11) is 0. The first-order valence-corrected chi connectivity index (χ1v) is 9.74. The molecule has 29 heavy (non-hydrogen) atoms. The van der Waals surface area contributed by atoms with Gasteiger partial charge in [-0.3, -0.25) is 9.59 Å². The molecular formula is C23H27NO5. The Kier molecular flexibility index (Phi) is 6.11. The van der Waals surface area contributed by atoms with Gasteiger partial charge < -0.3 is 19.9 Å². The van der Waals surface area contributed by atoms with Crippen LogP contribution in [0.15, 0.2) is 42.5 Å². The van der Waals surface area contributed by atoms with Gasteiger partial charge in [-0.2, -0.15) is 0 Å². The molecule has 1 aliphatic heterocycles. The van der Waals surface area contributed by atoms with Crippen LogP contribution in [0.25, 0.3) is 0 Å². The number of aliphatic carboxylic acids is 1. The summed E-state index contributed by atoms with van der Waals surface area (Å²) in [6.45, 7) is 6.64. The number of hydrogen-bond donors (Lipinski definition) is 2. The highest BCUT2D eigenvalue weighted by Gasteiger charge is 2.32. The molecule has 1 atom stereocenters. The van der Waals surface area contributed by atoms with Gasteiger partial charge in [0, 0.05) is 6.54 Å². The zero-order valence-corrected chi connectivity index (χ0v) is 17.0. The lowest BCUT2D eigenvalue weighted by molar-refractivity contribution is -0.141. The number of nitrogens with one attached hydrogen (secondary N) is 1. The summed E-state index contributed by atoms with van der Waals surface area (Å²) in [6.07, 6.45) is 0.363. The molecule has 1 amide bonds. The second-order valence-corrected chi connectivity index (χ2v) is 7.92. The van der Waals surface area contributed by atoms with Crippen molar-refractivity contribution < 1.29 is 24.2 Å². The standard InChI is InChI=1S/C23H27NO5/c1-15-5-4-6-16(11-15)12-17(21(25)26)14-24-22(27)23(2,3)18-7-8-19-20(13-18)29-10-9-28-19/h4-8,11,13,17H,9-10,12,14H2,1-3H3,(H,24,27)(H,25,26). The lowest BCUT2D eigenvalue weighted by Gasteiger charge is -2.27. The van der Waals surface area contributed by atoms with E-state index in [1.165, 1.54) is 0 Å². The molecule has 0 aromatic heterocycles. The molecule has 0 saturated carbocycles. The molecule has 1 aliphatic rings. The van der Waals surface area contributed by atoms with E-state index in [9.17, 15) is 14.7 Å². The number of benzene rings is 2. The molecule has 3 rings (SSSR count). The number of rotatable bonds is 7. The van der Waals surface area contributed by atoms with E-state index < -0.39 is 17.3 Å². The Balaban J connectivity index is 1.68. The van der Waals surface area contributed by atoms with E-state index in [-0.39, 0.29) is 12.5 Å². The van der Waals surface area contributed by atoms with Gasteiger partial charge in [0.05, 0.1) is 11.3 Å². The first kappa shape index (κ1) is 20.7. The Morgan fingerprint density at radius 2 is 1.83 bits per heavy atom. The maximum atomic E-state index is 12.9. The Morgan fingerprint density at radius 3 is 2.52 bits per heavy atom. The van der Waals surface area contributed by atoms with E-state index in [4.69, 9.17) is 9.47 Å². The normalized spacial score (nSPS) is 14.2. The van der Waals surface area contributed by atoms with Gasteiger partial charge in [0.15, 0.2) is 11.5 Å². The van der Waals surface area contributed by atoms with Gasteiger partial charge in [-0.25, -0.2) is 0 Å². The summed E-state index contributed by atoms with van der Waals surface area (Å²) < 4.78 is 11.1. The van der Waals surface area contributed by atoms with Gasteiger partial charge in [0.1, 0.15) is 13.2 Å². The molecule has 0 radical (unpaired) electrons. The molecule has 0 saturated heterocycles. The lowest BCUT2D eigenvalue weighted by Crippen LogP contribution is -2.43. The average Bonchev–Trinajstić information content (AvgIpc) is 2.70. The summed E-state index contributed by atoms with van der Waals surface area (Å²) in [5.74, 6) is -0.566. The molecule has 2 aromatic rings. The molecule has 1 unspecified atom stereocenters. The fraction of sp³-hybridized carbons (Fsp3) is 0.391. The largest absolute Gasteiger partial charge is 0.486 e. The minimum atomic E-state index is -0.927. The summed E-state index contributed by atoms with van der Waals surface area (Å²) in [4.78, 5) is 24.6. The van der Waals surface area contributed by atoms with Crippen molar-refractivity contribution >= 4 is 11.9 Å². The predicted molar refractivity (Wildman–Crippen MR) is 109 cm³/mol. The smallest absolute Gasteiger partial charge is 0.308 e. The van der Waals surface area contributed by atoms with Gasteiger partial charge in [0.25, 0.3) is 0 Å².